The molecule has 0 spiro atoms. The molecule has 1 aliphatic rings. The Morgan fingerprint density at radius 1 is 1.24 bits per heavy atom. The van der Waals surface area contributed by atoms with Crippen LogP contribution in [0.25, 0.3) is 0 Å². The van der Waals surface area contributed by atoms with Crippen molar-refractivity contribution in [3.05, 3.63) is 11.4 Å². The summed E-state index contributed by atoms with van der Waals surface area (Å²) >= 11 is 0. The number of rotatable bonds is 2. The molecule has 0 amide bonds. The highest BCUT2D eigenvalue weighted by molar-refractivity contribution is 5.16. The molecule has 2 unspecified atom stereocenters. The van der Waals surface area contributed by atoms with Crippen molar-refractivity contribution in [3.63, 3.8) is 0 Å². The third kappa shape index (κ3) is 2.34. The average Bonchev–Trinajstić information content (AvgIpc) is 2.65. The Kier molecular flexibility index (Phi) is 3.76. The molecule has 2 atom stereocenters. The molecule has 0 fully saturated rings. The van der Waals surface area contributed by atoms with E-state index in [0.29, 0.717) is 0 Å². The zero-order valence-electron chi connectivity index (χ0n) is 10.9. The summed E-state index contributed by atoms with van der Waals surface area (Å²) in [6.45, 7) is 1.82. The number of methoxy groups -OCH3 is 2. The van der Waals surface area contributed by atoms with Gasteiger partial charge in [-0.3, -0.25) is 4.68 Å². The standard InChI is InChI=1S/C11H20N4O2/c1-14-6-5-8-10(12-13-15(8)2)11(17-4)9(7-14)16-3/h9,11H,5-7H2,1-4H3. The molecule has 0 saturated heterocycles. The van der Waals surface area contributed by atoms with Crippen molar-refractivity contribution >= 4 is 0 Å². The first-order valence-electron chi connectivity index (χ1n) is 5.80. The summed E-state index contributed by atoms with van der Waals surface area (Å²) in [6.07, 6.45) is 0.776. The molecule has 0 bridgehead atoms. The molecule has 0 aliphatic carbocycles. The zero-order chi connectivity index (χ0) is 12.4. The Bertz CT molecular complexity index is 380. The summed E-state index contributed by atoms with van der Waals surface area (Å²) in [5, 5.41) is 8.31. The fourth-order valence-electron chi connectivity index (χ4n) is 2.33. The number of aryl methyl sites for hydroxylation is 1. The van der Waals surface area contributed by atoms with Crippen LogP contribution in [0, 0.1) is 0 Å². The van der Waals surface area contributed by atoms with Crippen molar-refractivity contribution in [3.8, 4) is 0 Å². The van der Waals surface area contributed by atoms with Crippen molar-refractivity contribution in [2.45, 2.75) is 18.6 Å². The molecule has 0 aromatic carbocycles. The van der Waals surface area contributed by atoms with E-state index in [4.69, 9.17) is 9.47 Å². The molecule has 0 N–H and O–H groups in total. The quantitative estimate of drug-likeness (QED) is 0.728. The molecule has 1 aromatic rings. The van der Waals surface area contributed by atoms with Crippen LogP contribution in [0.3, 0.4) is 0 Å². The molecule has 6 heteroatoms. The van der Waals surface area contributed by atoms with E-state index < -0.39 is 0 Å². The minimum Gasteiger partial charge on any atom is -0.377 e. The fourth-order valence-corrected chi connectivity index (χ4v) is 2.33. The van der Waals surface area contributed by atoms with Crippen LogP contribution in [-0.2, 0) is 22.9 Å². The van der Waals surface area contributed by atoms with Gasteiger partial charge in [-0.1, -0.05) is 5.21 Å². The molecular formula is C11H20N4O2. The van der Waals surface area contributed by atoms with Gasteiger partial charge in [0.25, 0.3) is 0 Å². The number of ether oxygens (including phenoxy) is 2. The largest absolute Gasteiger partial charge is 0.377 e. The Labute approximate surface area is 101 Å². The Morgan fingerprint density at radius 2 is 2.00 bits per heavy atom. The molecule has 0 saturated carbocycles. The van der Waals surface area contributed by atoms with Gasteiger partial charge < -0.3 is 14.4 Å². The first-order chi connectivity index (χ1) is 8.17. The van der Waals surface area contributed by atoms with Gasteiger partial charge in [-0.25, -0.2) is 0 Å². The number of hydrogen-bond donors (Lipinski definition) is 0. The molecule has 0 radical (unpaired) electrons. The molecule has 96 valence electrons. The van der Waals surface area contributed by atoms with E-state index in [1.807, 2.05) is 11.7 Å². The lowest BCUT2D eigenvalue weighted by Crippen LogP contribution is -2.39. The molecule has 6 nitrogen and oxygen atoms in total. The van der Waals surface area contributed by atoms with E-state index in [2.05, 4.69) is 22.3 Å². The Morgan fingerprint density at radius 3 is 2.65 bits per heavy atom. The maximum Gasteiger partial charge on any atom is 0.130 e. The molecule has 1 aromatic heterocycles. The fraction of sp³-hybridized carbons (Fsp3) is 0.818. The predicted molar refractivity (Wildman–Crippen MR) is 62.8 cm³/mol. The summed E-state index contributed by atoms with van der Waals surface area (Å²) in [5.41, 5.74) is 2.04. The van der Waals surface area contributed by atoms with Gasteiger partial charge in [0.05, 0.1) is 5.69 Å². The van der Waals surface area contributed by atoms with E-state index in [1.54, 1.807) is 14.2 Å². The first-order valence-corrected chi connectivity index (χ1v) is 5.80. The molecular weight excluding hydrogens is 220 g/mol. The van der Waals surface area contributed by atoms with E-state index in [1.165, 1.54) is 0 Å². The minimum atomic E-state index is -0.147. The first kappa shape index (κ1) is 12.5. The third-order valence-electron chi connectivity index (χ3n) is 3.36. The maximum absolute atomic E-state index is 5.55. The smallest absolute Gasteiger partial charge is 0.130 e. The summed E-state index contributed by atoms with van der Waals surface area (Å²) in [7, 11) is 7.41. The van der Waals surface area contributed by atoms with Crippen LogP contribution in [0.4, 0.5) is 0 Å². The van der Waals surface area contributed by atoms with Gasteiger partial charge in [0, 0.05) is 40.8 Å². The Balaban J connectivity index is 2.38. The SMILES string of the molecule is COC1CN(C)CCc2c(nnn2C)C1OC. The summed E-state index contributed by atoms with van der Waals surface area (Å²) in [6, 6.07) is 0. The van der Waals surface area contributed by atoms with Crippen LogP contribution in [-0.4, -0.2) is 60.4 Å². The highest BCUT2D eigenvalue weighted by Gasteiger charge is 2.31. The summed E-state index contributed by atoms with van der Waals surface area (Å²) < 4.78 is 12.9. The Hall–Kier alpha value is -0.980. The van der Waals surface area contributed by atoms with Gasteiger partial charge >= 0.3 is 0 Å². The molecule has 2 rings (SSSR count). The van der Waals surface area contributed by atoms with E-state index in [0.717, 1.165) is 30.9 Å². The normalized spacial score (nSPS) is 26.4. The summed E-state index contributed by atoms with van der Waals surface area (Å²) in [4.78, 5) is 2.25. The van der Waals surface area contributed by atoms with Gasteiger partial charge in [-0.15, -0.1) is 5.10 Å². The lowest BCUT2D eigenvalue weighted by Gasteiger charge is -2.30. The van der Waals surface area contributed by atoms with Crippen molar-refractivity contribution in [2.24, 2.45) is 7.05 Å². The second-order valence-electron chi connectivity index (χ2n) is 4.49. The zero-order valence-corrected chi connectivity index (χ0v) is 10.9. The number of hydrogen-bond acceptors (Lipinski definition) is 5. The van der Waals surface area contributed by atoms with Gasteiger partial charge in [-0.2, -0.15) is 0 Å². The van der Waals surface area contributed by atoms with Crippen molar-refractivity contribution in [1.29, 1.82) is 0 Å². The topological polar surface area (TPSA) is 52.4 Å². The highest BCUT2D eigenvalue weighted by atomic mass is 16.5. The van der Waals surface area contributed by atoms with Crippen LogP contribution in [0.1, 0.15) is 17.5 Å². The second kappa shape index (κ2) is 5.12. The van der Waals surface area contributed by atoms with Crippen LogP contribution >= 0.6 is 0 Å². The highest BCUT2D eigenvalue weighted by Crippen LogP contribution is 2.26. The second-order valence-corrected chi connectivity index (χ2v) is 4.49. The lowest BCUT2D eigenvalue weighted by molar-refractivity contribution is -0.0541. The monoisotopic (exact) mass is 240 g/mol. The van der Waals surface area contributed by atoms with E-state index in [-0.39, 0.29) is 12.2 Å². The van der Waals surface area contributed by atoms with Crippen LogP contribution in [0.5, 0.6) is 0 Å². The van der Waals surface area contributed by atoms with Gasteiger partial charge in [0.2, 0.25) is 0 Å². The van der Waals surface area contributed by atoms with Crippen molar-refractivity contribution < 1.29 is 9.47 Å². The number of aromatic nitrogens is 3. The molecule has 2 heterocycles. The van der Waals surface area contributed by atoms with Gasteiger partial charge in [0.15, 0.2) is 0 Å². The van der Waals surface area contributed by atoms with E-state index >= 15 is 0 Å². The maximum atomic E-state index is 5.55. The van der Waals surface area contributed by atoms with Gasteiger partial charge in [-0.05, 0) is 7.05 Å². The molecule has 1 aliphatic heterocycles. The molecule has 17 heavy (non-hydrogen) atoms. The van der Waals surface area contributed by atoms with Gasteiger partial charge in [0.1, 0.15) is 17.9 Å². The third-order valence-corrected chi connectivity index (χ3v) is 3.36. The predicted octanol–water partition coefficient (Wildman–Crippen LogP) is 0.00550. The van der Waals surface area contributed by atoms with Crippen molar-refractivity contribution in [2.75, 3.05) is 34.4 Å². The lowest BCUT2D eigenvalue weighted by atomic mass is 10.0. The number of fused-ring (bicyclic) bond motifs is 1. The number of nitrogens with zero attached hydrogens (tertiary/aromatic N) is 4. The van der Waals surface area contributed by atoms with Crippen molar-refractivity contribution in [1.82, 2.24) is 19.9 Å². The number of likely N-dealkylation sites (N-methyl/N-ethyl adjacent to an activating group) is 1. The van der Waals surface area contributed by atoms with E-state index in [9.17, 15) is 0 Å². The average molecular weight is 240 g/mol. The van der Waals surface area contributed by atoms with Crippen LogP contribution in [0.2, 0.25) is 0 Å². The van der Waals surface area contributed by atoms with Crippen LogP contribution in [0.15, 0.2) is 0 Å². The minimum absolute atomic E-state index is 0.0132. The van der Waals surface area contributed by atoms with Crippen LogP contribution < -0.4 is 0 Å². The summed E-state index contributed by atoms with van der Waals surface area (Å²) in [5.74, 6) is 0.